The van der Waals surface area contributed by atoms with Crippen LogP contribution in [0.5, 0.6) is 0 Å². The molecule has 1 aliphatic heterocycles. The minimum Gasteiger partial charge on any atom is -0.321 e. The second-order valence-electron chi connectivity index (χ2n) is 7.01. The van der Waals surface area contributed by atoms with Crippen LogP contribution in [0.3, 0.4) is 0 Å². The highest BCUT2D eigenvalue weighted by atomic mass is 16.1. The highest BCUT2D eigenvalue weighted by Crippen LogP contribution is 2.24. The van der Waals surface area contributed by atoms with E-state index in [1.165, 1.54) is 0 Å². The van der Waals surface area contributed by atoms with Gasteiger partial charge in [-0.3, -0.25) is 14.9 Å². The maximum atomic E-state index is 12.4. The van der Waals surface area contributed by atoms with Crippen LogP contribution in [-0.2, 0) is 4.79 Å². The Balaban J connectivity index is 1.43. The van der Waals surface area contributed by atoms with Crippen molar-refractivity contribution in [3.05, 3.63) is 107 Å². The first-order valence-electron chi connectivity index (χ1n) is 9.63. The van der Waals surface area contributed by atoms with E-state index in [0.29, 0.717) is 5.57 Å². The second-order valence-corrected chi connectivity index (χ2v) is 7.01. The summed E-state index contributed by atoms with van der Waals surface area (Å²) >= 11 is 0. The van der Waals surface area contributed by atoms with Gasteiger partial charge in [-0.15, -0.1) is 0 Å². The summed E-state index contributed by atoms with van der Waals surface area (Å²) in [6.07, 6.45) is 11.3. The number of aromatic amines is 1. The van der Waals surface area contributed by atoms with Crippen molar-refractivity contribution in [3.63, 3.8) is 0 Å². The van der Waals surface area contributed by atoms with Crippen molar-refractivity contribution in [2.45, 2.75) is 0 Å². The fourth-order valence-corrected chi connectivity index (χ4v) is 3.44. The summed E-state index contributed by atoms with van der Waals surface area (Å²) in [6.45, 7) is 0. The van der Waals surface area contributed by atoms with Crippen LogP contribution in [0.4, 0.5) is 0 Å². The molecule has 144 valence electrons. The van der Waals surface area contributed by atoms with Gasteiger partial charge in [-0.05, 0) is 59.2 Å². The number of fused-ring (bicyclic) bond motifs is 1. The summed E-state index contributed by atoms with van der Waals surface area (Å²) in [6, 6.07) is 19.7. The third kappa shape index (κ3) is 3.56. The number of pyridine rings is 1. The highest BCUT2D eigenvalue weighted by molar-refractivity contribution is 6.11. The molecule has 0 atom stereocenters. The largest absolute Gasteiger partial charge is 0.321 e. The number of nitrogens with zero attached hydrogens (tertiary/aromatic N) is 2. The maximum absolute atomic E-state index is 12.4. The van der Waals surface area contributed by atoms with Crippen LogP contribution in [0.2, 0.25) is 0 Å². The maximum Gasteiger partial charge on any atom is 0.255 e. The zero-order valence-electron chi connectivity index (χ0n) is 16.0. The molecule has 0 unspecified atom stereocenters. The van der Waals surface area contributed by atoms with E-state index in [0.717, 1.165) is 39.0 Å². The molecule has 30 heavy (non-hydrogen) atoms. The molecule has 0 aliphatic carbocycles. The van der Waals surface area contributed by atoms with Gasteiger partial charge in [0, 0.05) is 29.1 Å². The van der Waals surface area contributed by atoms with E-state index >= 15 is 0 Å². The molecule has 5 heteroatoms. The van der Waals surface area contributed by atoms with Gasteiger partial charge in [0.05, 0.1) is 11.2 Å². The van der Waals surface area contributed by atoms with Gasteiger partial charge in [-0.25, -0.2) is 0 Å². The fourth-order valence-electron chi connectivity index (χ4n) is 3.44. The van der Waals surface area contributed by atoms with E-state index in [1.54, 1.807) is 12.4 Å². The van der Waals surface area contributed by atoms with Crippen molar-refractivity contribution in [3.8, 4) is 0 Å². The highest BCUT2D eigenvalue weighted by Gasteiger charge is 2.18. The number of H-pyrrole nitrogens is 1. The van der Waals surface area contributed by atoms with E-state index in [2.05, 4.69) is 20.5 Å². The molecule has 4 aromatic rings. The lowest BCUT2D eigenvalue weighted by atomic mass is 10.1. The van der Waals surface area contributed by atoms with Crippen LogP contribution in [0.15, 0.2) is 84.7 Å². The molecule has 0 fully saturated rings. The summed E-state index contributed by atoms with van der Waals surface area (Å²) in [5.41, 5.74) is 6.23. The molecule has 1 aliphatic rings. The number of amides is 1. The van der Waals surface area contributed by atoms with Crippen LogP contribution in [0.1, 0.15) is 22.4 Å². The van der Waals surface area contributed by atoms with Gasteiger partial charge < -0.3 is 5.32 Å². The third-order valence-corrected chi connectivity index (χ3v) is 4.97. The molecule has 1 amide bonds. The van der Waals surface area contributed by atoms with Gasteiger partial charge in [0.2, 0.25) is 0 Å². The summed E-state index contributed by atoms with van der Waals surface area (Å²) in [7, 11) is 0. The van der Waals surface area contributed by atoms with Gasteiger partial charge in [0.25, 0.3) is 5.91 Å². The van der Waals surface area contributed by atoms with Crippen LogP contribution in [0.25, 0.3) is 34.8 Å². The predicted octanol–water partition coefficient (Wildman–Crippen LogP) is 4.68. The molecule has 2 N–H and O–H groups in total. The lowest BCUT2D eigenvalue weighted by Crippen LogP contribution is -2.15. The van der Waals surface area contributed by atoms with Crippen LogP contribution >= 0.6 is 0 Å². The van der Waals surface area contributed by atoms with E-state index < -0.39 is 0 Å². The Morgan fingerprint density at radius 3 is 2.53 bits per heavy atom. The summed E-state index contributed by atoms with van der Waals surface area (Å²) in [5.74, 6) is -0.0977. The first kappa shape index (κ1) is 17.8. The van der Waals surface area contributed by atoms with Crippen molar-refractivity contribution in [1.82, 2.24) is 20.5 Å². The molecular formula is C25H18N4O. The third-order valence-electron chi connectivity index (χ3n) is 4.97. The van der Waals surface area contributed by atoms with Crippen molar-refractivity contribution in [2.24, 2.45) is 0 Å². The number of benzene rings is 2. The Hall–Kier alpha value is -4.25. The lowest BCUT2D eigenvalue weighted by Gasteiger charge is -2.01. The van der Waals surface area contributed by atoms with Gasteiger partial charge >= 0.3 is 0 Å². The number of hydrogen-bond donors (Lipinski definition) is 2. The Morgan fingerprint density at radius 2 is 1.70 bits per heavy atom. The minimum absolute atomic E-state index is 0.0977. The normalized spacial score (nSPS) is 15.1. The molecule has 5 nitrogen and oxygen atoms in total. The molecular weight excluding hydrogens is 372 g/mol. The lowest BCUT2D eigenvalue weighted by molar-refractivity contribution is -0.115. The summed E-state index contributed by atoms with van der Waals surface area (Å²) in [5, 5.41) is 11.4. The second kappa shape index (κ2) is 7.64. The molecule has 0 saturated carbocycles. The van der Waals surface area contributed by atoms with Crippen LogP contribution in [0, 0.1) is 0 Å². The number of carbonyl (C=O) groups excluding carboxylic acids is 1. The molecule has 5 rings (SSSR count). The smallest absolute Gasteiger partial charge is 0.255 e. The topological polar surface area (TPSA) is 70.7 Å². The molecule has 0 spiro atoms. The van der Waals surface area contributed by atoms with Crippen LogP contribution in [-0.4, -0.2) is 21.1 Å². The van der Waals surface area contributed by atoms with Gasteiger partial charge in [-0.2, -0.15) is 5.10 Å². The van der Waals surface area contributed by atoms with Crippen molar-refractivity contribution in [1.29, 1.82) is 0 Å². The van der Waals surface area contributed by atoms with Crippen molar-refractivity contribution < 1.29 is 4.79 Å². The van der Waals surface area contributed by atoms with E-state index in [4.69, 9.17) is 0 Å². The number of rotatable bonds is 4. The average molecular weight is 390 g/mol. The van der Waals surface area contributed by atoms with Crippen molar-refractivity contribution in [2.75, 3.05) is 0 Å². The quantitative estimate of drug-likeness (QED) is 0.497. The number of aromatic nitrogens is 3. The van der Waals surface area contributed by atoms with E-state index in [1.807, 2.05) is 85.0 Å². The number of hydrogen-bond acceptors (Lipinski definition) is 3. The number of carbonyl (C=O) groups is 1. The Kier molecular flexibility index (Phi) is 4.54. The van der Waals surface area contributed by atoms with Crippen molar-refractivity contribution >= 4 is 40.7 Å². The predicted molar refractivity (Wildman–Crippen MR) is 120 cm³/mol. The summed E-state index contributed by atoms with van der Waals surface area (Å²) < 4.78 is 0. The minimum atomic E-state index is -0.0977. The standard InChI is InChI=1S/C25H18N4O/c30-25-20(16-23(27-25)19-4-2-1-3-5-19)14-18-6-8-21-22(28-29-24(21)15-18)9-7-17-10-12-26-13-11-17/h1-16H,(H,27,30)(H,28,29)/b9-7+,20-14+. The van der Waals surface area contributed by atoms with Crippen LogP contribution < -0.4 is 5.32 Å². The molecule has 2 aromatic carbocycles. The van der Waals surface area contributed by atoms with E-state index in [9.17, 15) is 4.79 Å². The van der Waals surface area contributed by atoms with Gasteiger partial charge in [-0.1, -0.05) is 42.5 Å². The van der Waals surface area contributed by atoms with Gasteiger partial charge in [0.15, 0.2) is 0 Å². The molecule has 0 radical (unpaired) electrons. The Morgan fingerprint density at radius 1 is 0.867 bits per heavy atom. The Bertz CT molecular complexity index is 1320. The monoisotopic (exact) mass is 390 g/mol. The first-order chi connectivity index (χ1) is 14.8. The SMILES string of the molecule is O=C1NC(c2ccccc2)=C/C1=C\c1ccc2c(/C=C/c3ccncc3)n[nH]c2c1. The number of nitrogens with one attached hydrogen (secondary N) is 2. The molecule has 2 aromatic heterocycles. The molecule has 0 bridgehead atoms. The van der Waals surface area contributed by atoms with Gasteiger partial charge in [0.1, 0.15) is 0 Å². The fraction of sp³-hybridized carbons (Fsp3) is 0. The first-order valence-corrected chi connectivity index (χ1v) is 9.63. The molecule has 3 heterocycles. The average Bonchev–Trinajstić information content (AvgIpc) is 3.36. The zero-order chi connectivity index (χ0) is 20.3. The Labute approximate surface area is 173 Å². The zero-order valence-corrected chi connectivity index (χ0v) is 16.0. The summed E-state index contributed by atoms with van der Waals surface area (Å²) in [4.78, 5) is 16.4. The van der Waals surface area contributed by atoms with E-state index in [-0.39, 0.29) is 5.91 Å². The molecule has 0 saturated heterocycles.